The number of aliphatic imine (C=N–C) groups is 1. The summed E-state index contributed by atoms with van der Waals surface area (Å²) >= 11 is 1.02. The van der Waals surface area contributed by atoms with Crippen molar-refractivity contribution < 1.29 is 22.3 Å². The molecule has 3 heterocycles. The van der Waals surface area contributed by atoms with Gasteiger partial charge in [-0.1, -0.05) is 0 Å². The van der Waals surface area contributed by atoms with E-state index in [4.69, 9.17) is 9.15 Å². The van der Waals surface area contributed by atoms with E-state index in [0.717, 1.165) is 48.3 Å². The van der Waals surface area contributed by atoms with Crippen LogP contribution in [0.25, 0.3) is 0 Å². The van der Waals surface area contributed by atoms with Gasteiger partial charge in [-0.15, -0.1) is 35.3 Å². The van der Waals surface area contributed by atoms with Crippen molar-refractivity contribution in [3.05, 3.63) is 40.2 Å². The number of hydrogen-bond acceptors (Lipinski definition) is 5. The minimum atomic E-state index is -4.40. The summed E-state index contributed by atoms with van der Waals surface area (Å²) in [5, 5.41) is 7.90. The molecule has 1 aliphatic heterocycles. The predicted octanol–water partition coefficient (Wildman–Crippen LogP) is 4.26. The molecule has 0 aliphatic carbocycles. The molecule has 1 saturated heterocycles. The zero-order valence-corrected chi connectivity index (χ0v) is 19.6. The lowest BCUT2D eigenvalue weighted by Gasteiger charge is -2.21. The van der Waals surface area contributed by atoms with Gasteiger partial charge in [-0.25, -0.2) is 4.98 Å². The normalized spacial score (nSPS) is 17.4. The number of halogens is 4. The number of rotatable bonds is 8. The Labute approximate surface area is 194 Å². The molecule has 1 unspecified atom stereocenters. The van der Waals surface area contributed by atoms with Gasteiger partial charge >= 0.3 is 6.18 Å². The van der Waals surface area contributed by atoms with Crippen molar-refractivity contribution in [3.8, 4) is 0 Å². The van der Waals surface area contributed by atoms with E-state index in [2.05, 4.69) is 20.6 Å². The smallest absolute Gasteiger partial charge is 0.434 e. The lowest BCUT2D eigenvalue weighted by Crippen LogP contribution is -2.40. The highest BCUT2D eigenvalue weighted by Gasteiger charge is 2.33. The molecule has 0 saturated carbocycles. The number of ether oxygens (including phenoxy) is 1. The first-order valence-electron chi connectivity index (χ1n) is 9.68. The van der Waals surface area contributed by atoms with Crippen molar-refractivity contribution in [1.82, 2.24) is 15.6 Å². The third-order valence-electron chi connectivity index (χ3n) is 4.44. The molecule has 0 radical (unpaired) electrons. The van der Waals surface area contributed by atoms with E-state index in [1.165, 1.54) is 0 Å². The molecule has 1 aliphatic rings. The minimum Gasteiger partial charge on any atom is -0.469 e. The molecule has 6 nitrogen and oxygen atoms in total. The third-order valence-corrected chi connectivity index (χ3v) is 5.35. The molecule has 30 heavy (non-hydrogen) atoms. The predicted molar refractivity (Wildman–Crippen MR) is 121 cm³/mol. The Morgan fingerprint density at radius 2 is 2.03 bits per heavy atom. The molecule has 2 aromatic rings. The van der Waals surface area contributed by atoms with Gasteiger partial charge in [0.25, 0.3) is 0 Å². The van der Waals surface area contributed by atoms with Crippen molar-refractivity contribution in [2.45, 2.75) is 44.4 Å². The molecule has 1 fully saturated rings. The van der Waals surface area contributed by atoms with Crippen molar-refractivity contribution in [2.75, 3.05) is 26.2 Å². The summed E-state index contributed by atoms with van der Waals surface area (Å²) < 4.78 is 49.0. The first-order chi connectivity index (χ1) is 14.0. The topological polar surface area (TPSA) is 71.7 Å². The Bertz CT molecular complexity index is 762. The number of thiazole rings is 1. The van der Waals surface area contributed by atoms with Crippen molar-refractivity contribution in [1.29, 1.82) is 0 Å². The Kier molecular flexibility index (Phi) is 10.4. The number of nitrogens with zero attached hydrogens (tertiary/aromatic N) is 2. The van der Waals surface area contributed by atoms with E-state index in [9.17, 15) is 13.2 Å². The summed E-state index contributed by atoms with van der Waals surface area (Å²) in [5.74, 6) is 1.48. The third kappa shape index (κ3) is 8.42. The monoisotopic (exact) mass is 558 g/mol. The standard InChI is InChI=1S/C19H25F3N4O2S.HI/c20-19(21,22)16-13-29-17(26-16)7-9-24-18(23-8-6-14-5-3-11-27-14)25-12-15-4-1-2-10-28-15;/h3,5,11,13,15H,1-2,4,6-10,12H2,(H2,23,24,25);1H. The molecule has 2 N–H and O–H groups in total. The molecule has 3 rings (SSSR count). The average Bonchev–Trinajstić information content (AvgIpc) is 3.38. The molecule has 1 atom stereocenters. The summed E-state index contributed by atoms with van der Waals surface area (Å²) in [6.07, 6.45) is 1.65. The van der Waals surface area contributed by atoms with Crippen LogP contribution < -0.4 is 10.6 Å². The highest BCUT2D eigenvalue weighted by atomic mass is 127. The van der Waals surface area contributed by atoms with E-state index in [1.807, 2.05) is 12.1 Å². The molecule has 0 aromatic carbocycles. The number of furan rings is 1. The number of guanidine groups is 1. The first kappa shape index (κ1) is 24.9. The van der Waals surface area contributed by atoms with Crippen LogP contribution in [0.4, 0.5) is 13.2 Å². The second-order valence-corrected chi connectivity index (χ2v) is 7.68. The SMILES string of the molecule is FC(F)(F)c1csc(CCNC(=NCC2CCCCO2)NCCc2ccco2)n1.I. The summed E-state index contributed by atoms with van der Waals surface area (Å²) in [6, 6.07) is 3.74. The Balaban J connectivity index is 0.00000320. The van der Waals surface area contributed by atoms with Gasteiger partial charge in [0.1, 0.15) is 5.76 Å². The number of nitrogens with one attached hydrogen (secondary N) is 2. The van der Waals surface area contributed by atoms with Gasteiger partial charge in [0.05, 0.1) is 23.9 Å². The van der Waals surface area contributed by atoms with Crippen molar-refractivity contribution in [2.24, 2.45) is 4.99 Å². The van der Waals surface area contributed by atoms with E-state index in [1.54, 1.807) is 6.26 Å². The quantitative estimate of drug-likeness (QED) is 0.288. The molecular formula is C19H26F3IN4O2S. The van der Waals surface area contributed by atoms with Gasteiger partial charge in [-0.05, 0) is 31.4 Å². The molecular weight excluding hydrogens is 532 g/mol. The van der Waals surface area contributed by atoms with Gasteiger partial charge in [0, 0.05) is 37.9 Å². The zero-order chi connectivity index (χ0) is 20.5. The molecule has 0 amide bonds. The van der Waals surface area contributed by atoms with Gasteiger partial charge < -0.3 is 19.8 Å². The van der Waals surface area contributed by atoms with E-state index in [-0.39, 0.29) is 30.1 Å². The molecule has 11 heteroatoms. The maximum Gasteiger partial charge on any atom is 0.434 e. The highest BCUT2D eigenvalue weighted by molar-refractivity contribution is 14.0. The minimum absolute atomic E-state index is 0. The Morgan fingerprint density at radius 1 is 1.23 bits per heavy atom. The maximum atomic E-state index is 12.7. The second kappa shape index (κ2) is 12.5. The van der Waals surface area contributed by atoms with E-state index >= 15 is 0 Å². The van der Waals surface area contributed by atoms with Crippen LogP contribution in [-0.4, -0.2) is 43.3 Å². The van der Waals surface area contributed by atoms with Crippen LogP contribution in [0.3, 0.4) is 0 Å². The summed E-state index contributed by atoms with van der Waals surface area (Å²) in [5.41, 5.74) is -0.836. The van der Waals surface area contributed by atoms with Crippen molar-refractivity contribution in [3.63, 3.8) is 0 Å². The van der Waals surface area contributed by atoms with Crippen LogP contribution in [0.2, 0.25) is 0 Å². The molecule has 2 aromatic heterocycles. The van der Waals surface area contributed by atoms with E-state index < -0.39 is 11.9 Å². The molecule has 0 bridgehead atoms. The van der Waals surface area contributed by atoms with Crippen molar-refractivity contribution >= 4 is 41.3 Å². The highest BCUT2D eigenvalue weighted by Crippen LogP contribution is 2.30. The zero-order valence-electron chi connectivity index (χ0n) is 16.4. The average molecular weight is 558 g/mol. The lowest BCUT2D eigenvalue weighted by molar-refractivity contribution is -0.140. The van der Waals surface area contributed by atoms with Crippen LogP contribution in [-0.2, 0) is 23.8 Å². The summed E-state index contributed by atoms with van der Waals surface area (Å²) in [4.78, 5) is 8.24. The van der Waals surface area contributed by atoms with Gasteiger partial charge in [-0.2, -0.15) is 13.2 Å². The Hall–Kier alpha value is -1.34. The van der Waals surface area contributed by atoms with E-state index in [0.29, 0.717) is 43.4 Å². The van der Waals surface area contributed by atoms with Crippen LogP contribution in [0, 0.1) is 0 Å². The Morgan fingerprint density at radius 3 is 2.67 bits per heavy atom. The fourth-order valence-corrected chi connectivity index (χ4v) is 3.73. The number of hydrogen-bond donors (Lipinski definition) is 2. The number of aromatic nitrogens is 1. The second-order valence-electron chi connectivity index (χ2n) is 6.74. The summed E-state index contributed by atoms with van der Waals surface area (Å²) in [7, 11) is 0. The molecule has 0 spiro atoms. The van der Waals surface area contributed by atoms with Crippen LogP contribution in [0.1, 0.15) is 35.7 Å². The molecule has 168 valence electrons. The lowest BCUT2D eigenvalue weighted by atomic mass is 10.1. The van der Waals surface area contributed by atoms with Gasteiger partial charge in [0.2, 0.25) is 0 Å². The fourth-order valence-electron chi connectivity index (χ4n) is 2.92. The van der Waals surface area contributed by atoms with Gasteiger partial charge in [0.15, 0.2) is 11.7 Å². The number of alkyl halides is 3. The first-order valence-corrected chi connectivity index (χ1v) is 10.6. The van der Waals surface area contributed by atoms with Crippen LogP contribution in [0.5, 0.6) is 0 Å². The maximum absolute atomic E-state index is 12.7. The largest absolute Gasteiger partial charge is 0.469 e. The van der Waals surface area contributed by atoms with Gasteiger partial charge in [-0.3, -0.25) is 4.99 Å². The summed E-state index contributed by atoms with van der Waals surface area (Å²) in [6.45, 7) is 2.37. The van der Waals surface area contributed by atoms with Crippen LogP contribution >= 0.6 is 35.3 Å². The van der Waals surface area contributed by atoms with Crippen LogP contribution in [0.15, 0.2) is 33.2 Å². The fraction of sp³-hybridized carbons (Fsp3) is 0.579.